The molecule has 4 atom stereocenters. The summed E-state index contributed by atoms with van der Waals surface area (Å²) in [5, 5.41) is 20.7. The second kappa shape index (κ2) is 7.24. The van der Waals surface area contributed by atoms with Crippen LogP contribution in [0.4, 0.5) is 5.95 Å². The van der Waals surface area contributed by atoms with Crippen molar-refractivity contribution in [2.24, 2.45) is 5.92 Å². The molecule has 0 saturated carbocycles. The quantitative estimate of drug-likeness (QED) is 0.447. The lowest BCUT2D eigenvalue weighted by atomic mass is 10.2. The summed E-state index contributed by atoms with van der Waals surface area (Å²) in [6.07, 6.45) is -1.79. The van der Waals surface area contributed by atoms with Crippen molar-refractivity contribution in [3.63, 3.8) is 0 Å². The number of aliphatic hydroxyl groups is 2. The molecule has 1 unspecified atom stereocenters. The lowest BCUT2D eigenvalue weighted by molar-refractivity contribution is -0.118. The molecule has 28 heavy (non-hydrogen) atoms. The molecule has 4 N–H and O–H groups in total. The predicted octanol–water partition coefficient (Wildman–Crippen LogP) is -1.62. The molecule has 0 aromatic carbocycles. The molecule has 13 heteroatoms. The van der Waals surface area contributed by atoms with E-state index in [0.717, 1.165) is 12.6 Å². The van der Waals surface area contributed by atoms with Gasteiger partial charge in [-0.3, -0.25) is 24.5 Å². The van der Waals surface area contributed by atoms with Gasteiger partial charge in [0.05, 0.1) is 12.9 Å². The molecule has 1 amide bonds. The monoisotopic (exact) mass is 415 g/mol. The van der Waals surface area contributed by atoms with E-state index in [-0.39, 0.29) is 28.9 Å². The first-order valence-corrected chi connectivity index (χ1v) is 10.4. The molecule has 2 aromatic rings. The zero-order valence-electron chi connectivity index (χ0n) is 15.4. The summed E-state index contributed by atoms with van der Waals surface area (Å²) in [7, 11) is -3.81. The number of nitrogens with zero attached hydrogens (tertiary/aromatic N) is 3. The second-order valence-corrected chi connectivity index (χ2v) is 9.12. The van der Waals surface area contributed by atoms with Crippen LogP contribution in [0.15, 0.2) is 11.1 Å². The standard InChI is InChI=1S/C15H21N5O7S/c1-6(2)12(23)18-15-17-11-8(13(24)19-15)16-5-20(11)14-10(28(3,25)26)9(22)7(4-21)27-14/h5-7,9-10,14,21-22H,4H2,1-3H3,(H2,17,18,19,23,24)/t7-,9-,10?,14-/m1/s1. The first-order valence-electron chi connectivity index (χ1n) is 8.45. The summed E-state index contributed by atoms with van der Waals surface area (Å²) in [5.74, 6) is -0.874. The molecular formula is C15H21N5O7S. The number of carbonyl (C=O) groups excluding carboxylic acids is 1. The first kappa shape index (κ1) is 20.4. The van der Waals surface area contributed by atoms with Gasteiger partial charge in [-0.15, -0.1) is 0 Å². The van der Waals surface area contributed by atoms with Crippen LogP contribution in [0.1, 0.15) is 20.1 Å². The average molecular weight is 415 g/mol. The van der Waals surface area contributed by atoms with Crippen molar-refractivity contribution < 1.29 is 28.2 Å². The highest BCUT2D eigenvalue weighted by Crippen LogP contribution is 2.35. The van der Waals surface area contributed by atoms with Crippen LogP contribution in [0.2, 0.25) is 0 Å². The highest BCUT2D eigenvalue weighted by Gasteiger charge is 2.50. The Bertz CT molecular complexity index is 1060. The number of nitrogens with one attached hydrogen (secondary N) is 2. The summed E-state index contributed by atoms with van der Waals surface area (Å²) in [4.78, 5) is 34.6. The van der Waals surface area contributed by atoms with Crippen molar-refractivity contribution in [2.75, 3.05) is 18.2 Å². The van der Waals surface area contributed by atoms with E-state index in [4.69, 9.17) is 4.74 Å². The van der Waals surface area contributed by atoms with E-state index < -0.39 is 45.7 Å². The molecule has 1 aliphatic heterocycles. The molecule has 3 rings (SSSR count). The fourth-order valence-electron chi connectivity index (χ4n) is 2.99. The number of sulfone groups is 1. The Morgan fingerprint density at radius 1 is 1.46 bits per heavy atom. The molecule has 0 radical (unpaired) electrons. The van der Waals surface area contributed by atoms with E-state index in [2.05, 4.69) is 20.3 Å². The minimum atomic E-state index is -3.81. The van der Waals surface area contributed by atoms with Gasteiger partial charge in [0, 0.05) is 12.2 Å². The highest BCUT2D eigenvalue weighted by atomic mass is 32.2. The number of anilines is 1. The summed E-state index contributed by atoms with van der Waals surface area (Å²) < 4.78 is 31.1. The molecule has 154 valence electrons. The number of amides is 1. The predicted molar refractivity (Wildman–Crippen MR) is 97.3 cm³/mol. The number of aliphatic hydroxyl groups excluding tert-OH is 2. The van der Waals surface area contributed by atoms with Crippen LogP contribution in [-0.4, -0.2) is 74.4 Å². The summed E-state index contributed by atoms with van der Waals surface area (Å²) in [5.41, 5.74) is -0.774. The second-order valence-electron chi connectivity index (χ2n) is 6.91. The third-order valence-corrected chi connectivity index (χ3v) is 5.96. The van der Waals surface area contributed by atoms with Crippen LogP contribution in [0.25, 0.3) is 11.2 Å². The van der Waals surface area contributed by atoms with E-state index in [1.165, 1.54) is 4.57 Å². The fourth-order valence-corrected chi connectivity index (χ4v) is 4.29. The van der Waals surface area contributed by atoms with E-state index in [0.29, 0.717) is 0 Å². The largest absolute Gasteiger partial charge is 0.394 e. The SMILES string of the molecule is CC(C)C(=O)Nc1nc2c(ncn2[C@@H]2O[C@H](CO)[C@@H](O)C2S(C)(=O)=O)c(=O)[nH]1. The van der Waals surface area contributed by atoms with Gasteiger partial charge >= 0.3 is 0 Å². The maximum absolute atomic E-state index is 12.3. The van der Waals surface area contributed by atoms with Crippen molar-refractivity contribution in [3.05, 3.63) is 16.7 Å². The van der Waals surface area contributed by atoms with Crippen LogP contribution in [0.3, 0.4) is 0 Å². The number of aromatic nitrogens is 4. The van der Waals surface area contributed by atoms with Crippen LogP contribution < -0.4 is 10.9 Å². The molecule has 0 aliphatic carbocycles. The number of hydrogen-bond donors (Lipinski definition) is 4. The van der Waals surface area contributed by atoms with E-state index in [9.17, 15) is 28.2 Å². The number of aromatic amines is 1. The van der Waals surface area contributed by atoms with Crippen molar-refractivity contribution >= 4 is 32.9 Å². The summed E-state index contributed by atoms with van der Waals surface area (Å²) in [6.45, 7) is 2.73. The van der Waals surface area contributed by atoms with E-state index >= 15 is 0 Å². The van der Waals surface area contributed by atoms with Gasteiger partial charge in [0.2, 0.25) is 11.9 Å². The molecule has 0 spiro atoms. The molecule has 1 aliphatic rings. The molecular weight excluding hydrogens is 394 g/mol. The zero-order chi connectivity index (χ0) is 20.8. The normalized spacial score (nSPS) is 25.5. The van der Waals surface area contributed by atoms with Gasteiger partial charge in [-0.05, 0) is 0 Å². The topological polar surface area (TPSA) is 176 Å². The minimum absolute atomic E-state index is 0.0350. The number of H-pyrrole nitrogens is 1. The fraction of sp³-hybridized carbons (Fsp3) is 0.600. The molecule has 1 fully saturated rings. The van der Waals surface area contributed by atoms with Gasteiger partial charge in [-0.25, -0.2) is 13.4 Å². The van der Waals surface area contributed by atoms with Crippen LogP contribution in [0.5, 0.6) is 0 Å². The Hall–Kier alpha value is -2.35. The molecule has 2 aromatic heterocycles. The average Bonchev–Trinajstić information content (AvgIpc) is 3.15. The molecule has 3 heterocycles. The van der Waals surface area contributed by atoms with E-state index in [1.807, 2.05) is 0 Å². The van der Waals surface area contributed by atoms with E-state index in [1.54, 1.807) is 13.8 Å². The van der Waals surface area contributed by atoms with Crippen molar-refractivity contribution in [3.8, 4) is 0 Å². The molecule has 0 bridgehead atoms. The van der Waals surface area contributed by atoms with Crippen LogP contribution in [0, 0.1) is 5.92 Å². The zero-order valence-corrected chi connectivity index (χ0v) is 16.2. The van der Waals surface area contributed by atoms with Gasteiger partial charge < -0.3 is 14.9 Å². The number of rotatable bonds is 5. The van der Waals surface area contributed by atoms with Crippen molar-refractivity contribution in [2.45, 2.75) is 37.5 Å². The molecule has 1 saturated heterocycles. The Kier molecular flexibility index (Phi) is 5.27. The third-order valence-electron chi connectivity index (χ3n) is 4.46. The van der Waals surface area contributed by atoms with Crippen molar-refractivity contribution in [1.82, 2.24) is 19.5 Å². The lowest BCUT2D eigenvalue weighted by Gasteiger charge is -2.20. The van der Waals surface area contributed by atoms with Gasteiger partial charge in [0.15, 0.2) is 27.2 Å². The summed E-state index contributed by atoms with van der Waals surface area (Å²) in [6, 6.07) is 0. The smallest absolute Gasteiger partial charge is 0.280 e. The minimum Gasteiger partial charge on any atom is -0.394 e. The van der Waals surface area contributed by atoms with Crippen LogP contribution >= 0.6 is 0 Å². The maximum atomic E-state index is 12.3. The number of hydrogen-bond acceptors (Lipinski definition) is 9. The Morgan fingerprint density at radius 3 is 2.71 bits per heavy atom. The Morgan fingerprint density at radius 2 is 2.14 bits per heavy atom. The Labute approximate surface area is 159 Å². The number of imidazole rings is 1. The molecule has 12 nitrogen and oxygen atoms in total. The lowest BCUT2D eigenvalue weighted by Crippen LogP contribution is -2.38. The number of carbonyl (C=O) groups is 1. The first-order chi connectivity index (χ1) is 13.0. The van der Waals surface area contributed by atoms with Gasteiger partial charge in [0.1, 0.15) is 17.5 Å². The number of ether oxygens (including phenoxy) is 1. The number of fused-ring (bicyclic) bond motifs is 1. The summed E-state index contributed by atoms with van der Waals surface area (Å²) >= 11 is 0. The maximum Gasteiger partial charge on any atom is 0.280 e. The van der Waals surface area contributed by atoms with Gasteiger partial charge in [-0.2, -0.15) is 4.98 Å². The van der Waals surface area contributed by atoms with Gasteiger partial charge in [0.25, 0.3) is 5.56 Å². The van der Waals surface area contributed by atoms with Crippen LogP contribution in [-0.2, 0) is 19.4 Å². The highest BCUT2D eigenvalue weighted by molar-refractivity contribution is 7.91. The third kappa shape index (κ3) is 3.53. The van der Waals surface area contributed by atoms with Gasteiger partial charge in [-0.1, -0.05) is 13.8 Å². The Balaban J connectivity index is 2.11. The van der Waals surface area contributed by atoms with Crippen molar-refractivity contribution in [1.29, 1.82) is 0 Å².